The SMILES string of the molecule is C=C[Si](C)(C)c1ccc(C(=O)OO[CH]C(C)C)cc1. The molecule has 103 valence electrons. The molecule has 0 aliphatic rings. The summed E-state index contributed by atoms with van der Waals surface area (Å²) in [7, 11) is -1.58. The minimum Gasteiger partial charge on any atom is -0.292 e. The zero-order valence-corrected chi connectivity index (χ0v) is 13.0. The molecule has 0 heterocycles. The van der Waals surface area contributed by atoms with Crippen LogP contribution in [0.25, 0.3) is 0 Å². The van der Waals surface area contributed by atoms with Crippen LogP contribution in [0.1, 0.15) is 24.2 Å². The van der Waals surface area contributed by atoms with E-state index in [0.29, 0.717) is 5.56 Å². The number of hydrogen-bond donors (Lipinski definition) is 0. The molecule has 1 rings (SSSR count). The largest absolute Gasteiger partial charge is 0.373 e. The van der Waals surface area contributed by atoms with Crippen molar-refractivity contribution in [2.24, 2.45) is 5.92 Å². The maximum Gasteiger partial charge on any atom is 0.373 e. The van der Waals surface area contributed by atoms with Crippen LogP contribution in [0.15, 0.2) is 36.5 Å². The molecule has 0 aromatic heterocycles. The average molecular weight is 277 g/mol. The molecule has 1 radical (unpaired) electrons. The van der Waals surface area contributed by atoms with Crippen molar-refractivity contribution < 1.29 is 14.6 Å². The van der Waals surface area contributed by atoms with Gasteiger partial charge in [-0.05, 0) is 18.1 Å². The van der Waals surface area contributed by atoms with Crippen LogP contribution in [0.2, 0.25) is 13.1 Å². The highest BCUT2D eigenvalue weighted by molar-refractivity contribution is 6.93. The van der Waals surface area contributed by atoms with E-state index in [4.69, 9.17) is 4.89 Å². The van der Waals surface area contributed by atoms with E-state index in [-0.39, 0.29) is 5.92 Å². The Morgan fingerprint density at radius 1 is 1.26 bits per heavy atom. The third kappa shape index (κ3) is 4.65. The Kier molecular flexibility index (Phi) is 5.51. The molecule has 0 saturated heterocycles. The lowest BCUT2D eigenvalue weighted by molar-refractivity contribution is -0.217. The molecule has 0 spiro atoms. The Bertz CT molecular complexity index is 435. The molecule has 0 unspecified atom stereocenters. The van der Waals surface area contributed by atoms with Crippen molar-refractivity contribution in [2.45, 2.75) is 26.9 Å². The topological polar surface area (TPSA) is 35.5 Å². The minimum atomic E-state index is -1.58. The van der Waals surface area contributed by atoms with Gasteiger partial charge >= 0.3 is 5.97 Å². The fourth-order valence-corrected chi connectivity index (χ4v) is 2.65. The molecule has 0 atom stereocenters. The quantitative estimate of drug-likeness (QED) is 0.455. The van der Waals surface area contributed by atoms with Crippen LogP contribution >= 0.6 is 0 Å². The lowest BCUT2D eigenvalue weighted by atomic mass is 10.2. The average Bonchev–Trinajstić information content (AvgIpc) is 2.38. The summed E-state index contributed by atoms with van der Waals surface area (Å²) in [6, 6.07) is 7.43. The van der Waals surface area contributed by atoms with Gasteiger partial charge < -0.3 is 0 Å². The van der Waals surface area contributed by atoms with E-state index in [2.05, 4.69) is 24.6 Å². The van der Waals surface area contributed by atoms with Gasteiger partial charge in [-0.15, -0.1) is 6.58 Å². The van der Waals surface area contributed by atoms with Gasteiger partial charge in [0.1, 0.15) is 14.7 Å². The van der Waals surface area contributed by atoms with Crippen LogP contribution < -0.4 is 5.19 Å². The van der Waals surface area contributed by atoms with E-state index in [0.717, 1.165) is 0 Å². The monoisotopic (exact) mass is 277 g/mol. The number of carbonyl (C=O) groups excluding carboxylic acids is 1. The summed E-state index contributed by atoms with van der Waals surface area (Å²) in [5.41, 5.74) is 2.50. The summed E-state index contributed by atoms with van der Waals surface area (Å²) in [6.45, 7) is 13.6. The van der Waals surface area contributed by atoms with Crippen molar-refractivity contribution >= 4 is 19.2 Å². The highest BCUT2D eigenvalue weighted by Crippen LogP contribution is 2.08. The van der Waals surface area contributed by atoms with Crippen LogP contribution in [0, 0.1) is 12.5 Å². The Labute approximate surface area is 116 Å². The Hall–Kier alpha value is -1.39. The minimum absolute atomic E-state index is 0.203. The first-order chi connectivity index (χ1) is 8.86. The van der Waals surface area contributed by atoms with Crippen molar-refractivity contribution in [3.63, 3.8) is 0 Å². The molecule has 1 aromatic rings. The lowest BCUT2D eigenvalue weighted by Gasteiger charge is -2.17. The van der Waals surface area contributed by atoms with Crippen LogP contribution in [0.4, 0.5) is 0 Å². The van der Waals surface area contributed by atoms with Gasteiger partial charge in [-0.3, -0.25) is 4.89 Å². The standard InChI is InChI=1S/C15H21O3Si/c1-6-19(4,5)14-9-7-13(8-10-14)15(16)18-17-11-12(2)3/h6-12H,1H2,2-5H3. The molecule has 4 heteroatoms. The van der Waals surface area contributed by atoms with Gasteiger partial charge in [-0.25, -0.2) is 4.79 Å². The normalized spacial score (nSPS) is 11.4. The molecule has 3 nitrogen and oxygen atoms in total. The maximum atomic E-state index is 11.7. The van der Waals surface area contributed by atoms with Crippen molar-refractivity contribution in [3.8, 4) is 0 Å². The second-order valence-corrected chi connectivity index (χ2v) is 9.78. The summed E-state index contributed by atoms with van der Waals surface area (Å²) in [5, 5.41) is 1.23. The lowest BCUT2D eigenvalue weighted by Crippen LogP contribution is -2.39. The first-order valence-corrected chi connectivity index (χ1v) is 9.39. The summed E-state index contributed by atoms with van der Waals surface area (Å²) in [6.07, 6.45) is 0. The molecule has 0 saturated carbocycles. The smallest absolute Gasteiger partial charge is 0.292 e. The Morgan fingerprint density at radius 3 is 2.32 bits per heavy atom. The second-order valence-electron chi connectivity index (χ2n) is 5.35. The fraction of sp³-hybridized carbons (Fsp3) is 0.333. The van der Waals surface area contributed by atoms with Crippen LogP contribution in [0.5, 0.6) is 0 Å². The molecule has 0 aliphatic heterocycles. The van der Waals surface area contributed by atoms with Crippen molar-refractivity contribution in [3.05, 3.63) is 48.7 Å². The summed E-state index contributed by atoms with van der Waals surface area (Å²) >= 11 is 0. The van der Waals surface area contributed by atoms with E-state index in [9.17, 15) is 4.79 Å². The second kappa shape index (κ2) is 6.68. The molecule has 0 fully saturated rings. The van der Waals surface area contributed by atoms with E-state index < -0.39 is 14.0 Å². The number of rotatable bonds is 6. The van der Waals surface area contributed by atoms with Gasteiger partial charge in [0, 0.05) is 0 Å². The number of hydrogen-bond acceptors (Lipinski definition) is 3. The first kappa shape index (κ1) is 15.7. The Morgan fingerprint density at radius 2 is 1.84 bits per heavy atom. The Balaban J connectivity index is 2.66. The zero-order valence-electron chi connectivity index (χ0n) is 12.0. The van der Waals surface area contributed by atoms with E-state index in [1.54, 1.807) is 12.1 Å². The summed E-state index contributed by atoms with van der Waals surface area (Å²) < 4.78 is 0. The van der Waals surface area contributed by atoms with Crippen molar-refractivity contribution in [2.75, 3.05) is 0 Å². The fourth-order valence-electron chi connectivity index (χ4n) is 1.38. The molecular formula is C15H21O3Si. The predicted molar refractivity (Wildman–Crippen MR) is 79.4 cm³/mol. The first-order valence-electron chi connectivity index (χ1n) is 6.32. The van der Waals surface area contributed by atoms with Gasteiger partial charge in [-0.1, -0.05) is 50.0 Å². The van der Waals surface area contributed by atoms with E-state index in [1.165, 1.54) is 11.8 Å². The van der Waals surface area contributed by atoms with Gasteiger partial charge in [0.05, 0.1) is 5.56 Å². The van der Waals surface area contributed by atoms with Crippen molar-refractivity contribution in [1.29, 1.82) is 0 Å². The van der Waals surface area contributed by atoms with Crippen LogP contribution in [0.3, 0.4) is 0 Å². The summed E-state index contributed by atoms with van der Waals surface area (Å²) in [5.74, 6) is -0.281. The molecule has 19 heavy (non-hydrogen) atoms. The molecule has 0 amide bonds. The predicted octanol–water partition coefficient (Wildman–Crippen LogP) is 3.23. The number of carbonyl (C=O) groups is 1. The van der Waals surface area contributed by atoms with Gasteiger partial charge in [0.25, 0.3) is 0 Å². The van der Waals surface area contributed by atoms with Gasteiger partial charge in [0.2, 0.25) is 0 Å². The molecular weight excluding hydrogens is 256 g/mol. The maximum absolute atomic E-state index is 11.7. The number of benzene rings is 1. The molecule has 0 aliphatic carbocycles. The highest BCUT2D eigenvalue weighted by atomic mass is 28.3. The third-order valence-electron chi connectivity index (χ3n) is 2.83. The van der Waals surface area contributed by atoms with E-state index >= 15 is 0 Å². The van der Waals surface area contributed by atoms with Gasteiger partial charge in [0.15, 0.2) is 0 Å². The van der Waals surface area contributed by atoms with Crippen LogP contribution in [-0.2, 0) is 9.78 Å². The highest BCUT2D eigenvalue weighted by Gasteiger charge is 2.19. The van der Waals surface area contributed by atoms with Crippen LogP contribution in [-0.4, -0.2) is 14.0 Å². The van der Waals surface area contributed by atoms with Gasteiger partial charge in [-0.2, -0.15) is 4.89 Å². The van der Waals surface area contributed by atoms with Crippen molar-refractivity contribution in [1.82, 2.24) is 0 Å². The molecule has 0 bridgehead atoms. The third-order valence-corrected chi connectivity index (χ3v) is 5.67. The zero-order chi connectivity index (χ0) is 14.5. The molecule has 0 N–H and O–H groups in total. The van der Waals surface area contributed by atoms with E-state index in [1.807, 2.05) is 31.7 Å². The summed E-state index contributed by atoms with van der Waals surface area (Å²) in [4.78, 5) is 21.1. The molecule has 1 aromatic carbocycles.